The second kappa shape index (κ2) is 9.60. The second-order valence-electron chi connectivity index (χ2n) is 10.6. The molecule has 0 aliphatic carbocycles. The Morgan fingerprint density at radius 3 is 2.14 bits per heavy atom. The predicted octanol–water partition coefficient (Wildman–Crippen LogP) is 7.24. The third kappa shape index (κ3) is 7.13. The molecule has 5 heteroatoms. The highest BCUT2D eigenvalue weighted by Crippen LogP contribution is 2.38. The third-order valence-corrected chi connectivity index (χ3v) is 11.5. The maximum atomic E-state index is 12.0. The van der Waals surface area contributed by atoms with Crippen molar-refractivity contribution in [1.29, 1.82) is 0 Å². The molecular weight excluding hydrogens is 479 g/mol. The number of halogens is 1. The molecule has 0 spiro atoms. The van der Waals surface area contributed by atoms with E-state index in [-0.39, 0.29) is 10.5 Å². The van der Waals surface area contributed by atoms with Crippen LogP contribution in [0.25, 0.3) is 0 Å². The van der Waals surface area contributed by atoms with Gasteiger partial charge < -0.3 is 9.53 Å². The molecule has 0 saturated carbocycles. The van der Waals surface area contributed by atoms with Crippen LogP contribution in [0.2, 0.25) is 18.1 Å². The first-order chi connectivity index (χ1) is 12.6. The summed E-state index contributed by atoms with van der Waals surface area (Å²) in [6.07, 6.45) is 3.61. The van der Waals surface area contributed by atoms with E-state index in [2.05, 4.69) is 70.3 Å². The highest BCUT2D eigenvalue weighted by Gasteiger charge is 2.38. The summed E-state index contributed by atoms with van der Waals surface area (Å²) < 4.78 is 7.50. The first-order valence-corrected chi connectivity index (χ1v) is 14.2. The molecular formula is C23H39IO3Si. The molecule has 0 fully saturated rings. The third-order valence-electron chi connectivity index (χ3n) is 6.34. The quantitative estimate of drug-likeness (QED) is 0.202. The van der Waals surface area contributed by atoms with Crippen molar-refractivity contribution >= 4 is 36.9 Å². The molecule has 0 bridgehead atoms. The van der Waals surface area contributed by atoms with Gasteiger partial charge in [0.25, 0.3) is 0 Å². The zero-order valence-electron chi connectivity index (χ0n) is 19.0. The normalized spacial score (nSPS) is 15.3. The van der Waals surface area contributed by atoms with Crippen molar-refractivity contribution in [2.24, 2.45) is 5.41 Å². The Morgan fingerprint density at radius 1 is 1.07 bits per heavy atom. The Bertz CT molecular complexity index is 664. The number of carbonyl (C=O) groups is 1. The van der Waals surface area contributed by atoms with Crippen LogP contribution in [0.1, 0.15) is 72.8 Å². The summed E-state index contributed by atoms with van der Waals surface area (Å²) in [5.74, 6) is -0.741. The van der Waals surface area contributed by atoms with Crippen LogP contribution in [0, 0.1) is 8.99 Å². The molecule has 0 heterocycles. The number of hydrogen-bond donors (Lipinski definition) is 1. The van der Waals surface area contributed by atoms with Gasteiger partial charge in [-0.2, -0.15) is 0 Å². The van der Waals surface area contributed by atoms with Crippen molar-refractivity contribution in [1.82, 2.24) is 0 Å². The summed E-state index contributed by atoms with van der Waals surface area (Å²) in [7, 11) is -1.73. The van der Waals surface area contributed by atoms with E-state index in [4.69, 9.17) is 4.43 Å². The van der Waals surface area contributed by atoms with Gasteiger partial charge in [-0.15, -0.1) is 0 Å². The van der Waals surface area contributed by atoms with E-state index < -0.39 is 19.7 Å². The van der Waals surface area contributed by atoms with Crippen molar-refractivity contribution in [3.63, 3.8) is 0 Å². The summed E-state index contributed by atoms with van der Waals surface area (Å²) in [6, 6.07) is 7.87. The predicted molar refractivity (Wildman–Crippen MR) is 130 cm³/mol. The lowest BCUT2D eigenvalue weighted by Gasteiger charge is -2.39. The van der Waals surface area contributed by atoms with Crippen LogP contribution in [0.15, 0.2) is 24.3 Å². The molecule has 0 amide bonds. The van der Waals surface area contributed by atoms with Gasteiger partial charge in [-0.25, -0.2) is 0 Å². The highest BCUT2D eigenvalue weighted by molar-refractivity contribution is 14.1. The fourth-order valence-corrected chi connectivity index (χ4v) is 4.68. The molecule has 0 aromatic heterocycles. The number of carboxylic acid groups (broad SMARTS) is 1. The first kappa shape index (κ1) is 25.6. The van der Waals surface area contributed by atoms with Crippen LogP contribution in [0.5, 0.6) is 0 Å². The Labute approximate surface area is 186 Å². The van der Waals surface area contributed by atoms with E-state index in [1.807, 2.05) is 31.2 Å². The van der Waals surface area contributed by atoms with Crippen LogP contribution in [-0.2, 0) is 14.6 Å². The van der Waals surface area contributed by atoms with Crippen LogP contribution in [-0.4, -0.2) is 26.0 Å². The minimum Gasteiger partial charge on any atom is -0.481 e. The van der Waals surface area contributed by atoms with Crippen LogP contribution < -0.4 is 0 Å². The van der Waals surface area contributed by atoms with Gasteiger partial charge in [-0.3, -0.25) is 4.79 Å². The molecule has 0 radical (unpaired) electrons. The fraction of sp³-hybridized carbons (Fsp3) is 0.696. The topological polar surface area (TPSA) is 46.5 Å². The molecule has 1 aromatic carbocycles. The molecule has 3 nitrogen and oxygen atoms in total. The largest absolute Gasteiger partial charge is 0.481 e. The summed E-state index contributed by atoms with van der Waals surface area (Å²) in [5, 5.41) is 10.1. The maximum absolute atomic E-state index is 12.0. The molecule has 28 heavy (non-hydrogen) atoms. The van der Waals surface area contributed by atoms with Crippen molar-refractivity contribution in [2.45, 2.75) is 90.8 Å². The van der Waals surface area contributed by atoms with E-state index in [1.54, 1.807) is 0 Å². The summed E-state index contributed by atoms with van der Waals surface area (Å²) >= 11 is 2.24. The molecule has 1 aromatic rings. The Kier molecular flexibility index (Phi) is 8.79. The van der Waals surface area contributed by atoms with E-state index in [0.29, 0.717) is 6.42 Å². The standard InChI is InChI=1S/C23H39IO3Si/c1-21(2,3)28(7,8)27-17-22(4,5)14-9-10-15-23(6,20(25)26)18-12-11-13-19(24)16-18/h11-13,16H,9-10,14-15,17H2,1-8H3,(H,25,26)/t23-/m1/s1. The lowest BCUT2D eigenvalue weighted by molar-refractivity contribution is -0.143. The minimum atomic E-state index is -1.73. The molecule has 0 aliphatic rings. The Hall–Kier alpha value is -0.403. The lowest BCUT2D eigenvalue weighted by Crippen LogP contribution is -2.43. The highest BCUT2D eigenvalue weighted by atomic mass is 127. The number of carboxylic acids is 1. The molecule has 0 saturated heterocycles. The van der Waals surface area contributed by atoms with Gasteiger partial charge >= 0.3 is 5.97 Å². The SMILES string of the molecule is CC(C)(CCCC[C@@](C)(C(=O)O)c1cccc(I)c1)CO[Si](C)(C)C(C)(C)C. The summed E-state index contributed by atoms with van der Waals surface area (Å²) in [4.78, 5) is 12.0. The number of hydrogen-bond acceptors (Lipinski definition) is 2. The molecule has 160 valence electrons. The van der Waals surface area contributed by atoms with Crippen LogP contribution >= 0.6 is 22.6 Å². The van der Waals surface area contributed by atoms with E-state index in [0.717, 1.165) is 35.0 Å². The smallest absolute Gasteiger partial charge is 0.313 e. The van der Waals surface area contributed by atoms with Crippen molar-refractivity contribution in [3.8, 4) is 0 Å². The lowest BCUT2D eigenvalue weighted by atomic mass is 9.77. The number of unbranched alkanes of at least 4 members (excludes halogenated alkanes) is 1. The van der Waals surface area contributed by atoms with Gasteiger partial charge in [0.2, 0.25) is 0 Å². The van der Waals surface area contributed by atoms with Gasteiger partial charge in [-0.05, 0) is 83.6 Å². The number of benzene rings is 1. The Morgan fingerprint density at radius 2 is 1.64 bits per heavy atom. The zero-order chi connectivity index (χ0) is 21.8. The van der Waals surface area contributed by atoms with Gasteiger partial charge in [0, 0.05) is 10.2 Å². The molecule has 1 rings (SSSR count). The zero-order valence-corrected chi connectivity index (χ0v) is 22.1. The first-order valence-electron chi connectivity index (χ1n) is 10.2. The van der Waals surface area contributed by atoms with Crippen molar-refractivity contribution in [3.05, 3.63) is 33.4 Å². The van der Waals surface area contributed by atoms with Gasteiger partial charge in [0.1, 0.15) is 0 Å². The average Bonchev–Trinajstić information content (AvgIpc) is 2.56. The van der Waals surface area contributed by atoms with Crippen LogP contribution in [0.3, 0.4) is 0 Å². The second-order valence-corrected chi connectivity index (χ2v) is 16.6. The van der Waals surface area contributed by atoms with E-state index in [1.165, 1.54) is 0 Å². The molecule has 1 atom stereocenters. The van der Waals surface area contributed by atoms with Gasteiger partial charge in [0.15, 0.2) is 8.32 Å². The average molecular weight is 519 g/mol. The number of aliphatic carboxylic acids is 1. The van der Waals surface area contributed by atoms with Gasteiger partial charge in [0.05, 0.1) is 5.41 Å². The molecule has 0 unspecified atom stereocenters. The Balaban J connectivity index is 2.62. The van der Waals surface area contributed by atoms with E-state index >= 15 is 0 Å². The van der Waals surface area contributed by atoms with Crippen molar-refractivity contribution in [2.75, 3.05) is 6.61 Å². The monoisotopic (exact) mass is 518 g/mol. The van der Waals surface area contributed by atoms with Gasteiger partial charge in [-0.1, -0.05) is 59.6 Å². The summed E-state index contributed by atoms with van der Waals surface area (Å²) in [5.41, 5.74) is 0.174. The molecule has 0 aliphatic heterocycles. The van der Waals surface area contributed by atoms with Crippen molar-refractivity contribution < 1.29 is 14.3 Å². The molecule has 1 N–H and O–H groups in total. The maximum Gasteiger partial charge on any atom is 0.313 e. The minimum absolute atomic E-state index is 0.108. The summed E-state index contributed by atoms with van der Waals surface area (Å²) in [6.45, 7) is 18.5. The van der Waals surface area contributed by atoms with Crippen LogP contribution in [0.4, 0.5) is 0 Å². The fourth-order valence-electron chi connectivity index (χ4n) is 2.95. The van der Waals surface area contributed by atoms with E-state index in [9.17, 15) is 9.90 Å². The number of rotatable bonds is 10.